The number of fused-ring (bicyclic) bond motifs is 1. The van der Waals surface area contributed by atoms with Crippen molar-refractivity contribution in [2.75, 3.05) is 4.72 Å². The Morgan fingerprint density at radius 2 is 2.08 bits per heavy atom. The van der Waals surface area contributed by atoms with Crippen LogP contribution in [0.15, 0.2) is 40.0 Å². The Morgan fingerprint density at radius 1 is 1.29 bits per heavy atom. The van der Waals surface area contributed by atoms with E-state index in [1.807, 2.05) is 0 Å². The molecular weight excluding hydrogens is 328 g/mol. The lowest BCUT2D eigenvalue weighted by atomic mass is 10.1. The minimum atomic E-state index is -3.80. The van der Waals surface area contributed by atoms with Gasteiger partial charge in [-0.2, -0.15) is 4.98 Å². The van der Waals surface area contributed by atoms with E-state index < -0.39 is 10.0 Å². The lowest BCUT2D eigenvalue weighted by molar-refractivity contribution is 0.536. The van der Waals surface area contributed by atoms with Crippen LogP contribution in [0.5, 0.6) is 0 Å². The molecule has 2 aromatic heterocycles. The Labute approximate surface area is 139 Å². The zero-order chi connectivity index (χ0) is 16.9. The highest BCUT2D eigenvalue weighted by atomic mass is 32.2. The number of anilines is 1. The number of aromatic nitrogens is 3. The zero-order valence-corrected chi connectivity index (χ0v) is 14.1. The van der Waals surface area contributed by atoms with Crippen molar-refractivity contribution in [2.24, 2.45) is 0 Å². The first-order chi connectivity index (χ1) is 11.4. The van der Waals surface area contributed by atoms with Gasteiger partial charge in [-0.25, -0.2) is 23.1 Å². The lowest BCUT2D eigenvalue weighted by Crippen LogP contribution is -2.13. The first-order valence-electron chi connectivity index (χ1n) is 7.58. The van der Waals surface area contributed by atoms with E-state index in [1.165, 1.54) is 18.5 Å². The van der Waals surface area contributed by atoms with Gasteiger partial charge in [-0.3, -0.25) is 0 Å². The Bertz CT molecular complexity index is 1040. The number of oxazole rings is 1. The molecule has 0 saturated heterocycles. The molecule has 1 aromatic carbocycles. The molecule has 2 heterocycles. The fourth-order valence-electron chi connectivity index (χ4n) is 2.73. The largest absolute Gasteiger partial charge is 0.428 e. The smallest absolute Gasteiger partial charge is 0.309 e. The summed E-state index contributed by atoms with van der Waals surface area (Å²) >= 11 is 0. The van der Waals surface area contributed by atoms with E-state index in [9.17, 15) is 8.42 Å². The quantitative estimate of drug-likeness (QED) is 0.781. The fourth-order valence-corrected chi connectivity index (χ4v) is 3.69. The van der Waals surface area contributed by atoms with Crippen molar-refractivity contribution in [3.8, 4) is 0 Å². The second-order valence-electron chi connectivity index (χ2n) is 6.33. The fraction of sp³-hybridized carbons (Fsp3) is 0.312. The highest BCUT2D eigenvalue weighted by Crippen LogP contribution is 2.48. The predicted octanol–water partition coefficient (Wildman–Crippen LogP) is 2.78. The zero-order valence-electron chi connectivity index (χ0n) is 13.3. The molecule has 1 saturated carbocycles. The molecule has 0 spiro atoms. The Morgan fingerprint density at radius 3 is 2.83 bits per heavy atom. The summed E-state index contributed by atoms with van der Waals surface area (Å²) in [4.78, 5) is 12.4. The van der Waals surface area contributed by atoms with Crippen molar-refractivity contribution >= 4 is 26.9 Å². The molecule has 0 bridgehead atoms. The summed E-state index contributed by atoms with van der Waals surface area (Å²) in [6.45, 7) is 3.90. The Kier molecular flexibility index (Phi) is 3.14. The maximum Gasteiger partial charge on any atom is 0.309 e. The molecule has 8 heteroatoms. The highest BCUT2D eigenvalue weighted by molar-refractivity contribution is 7.92. The van der Waals surface area contributed by atoms with E-state index in [2.05, 4.69) is 26.6 Å². The number of nitrogens with zero attached hydrogens (tertiary/aromatic N) is 3. The topological polar surface area (TPSA) is 98.0 Å². The third-order valence-corrected chi connectivity index (χ3v) is 5.69. The van der Waals surface area contributed by atoms with Gasteiger partial charge in [0.2, 0.25) is 0 Å². The molecule has 4 rings (SSSR count). The van der Waals surface area contributed by atoms with Crippen LogP contribution in [0, 0.1) is 6.92 Å². The Balaban J connectivity index is 1.67. The number of hydrogen-bond acceptors (Lipinski definition) is 6. The molecule has 0 aliphatic heterocycles. The third-order valence-electron chi connectivity index (χ3n) is 4.38. The molecule has 1 aliphatic rings. The summed E-state index contributed by atoms with van der Waals surface area (Å²) in [5.41, 5.74) is 1.52. The van der Waals surface area contributed by atoms with E-state index in [4.69, 9.17) is 4.42 Å². The van der Waals surface area contributed by atoms with Gasteiger partial charge in [-0.15, -0.1) is 0 Å². The van der Waals surface area contributed by atoms with Gasteiger partial charge < -0.3 is 4.42 Å². The minimum absolute atomic E-state index is 0.0000311. The van der Waals surface area contributed by atoms with Crippen LogP contribution in [0.25, 0.3) is 10.9 Å². The third kappa shape index (κ3) is 2.52. The molecule has 1 fully saturated rings. The summed E-state index contributed by atoms with van der Waals surface area (Å²) in [7, 11) is -3.80. The van der Waals surface area contributed by atoms with Gasteiger partial charge in [0, 0.05) is 17.0 Å². The second-order valence-corrected chi connectivity index (χ2v) is 8.02. The van der Waals surface area contributed by atoms with Crippen molar-refractivity contribution in [3.05, 3.63) is 42.2 Å². The summed E-state index contributed by atoms with van der Waals surface area (Å²) < 4.78 is 33.1. The molecule has 0 unspecified atom stereocenters. The summed E-state index contributed by atoms with van der Waals surface area (Å²) in [5, 5.41) is 0.648. The first-order valence-corrected chi connectivity index (χ1v) is 9.06. The lowest BCUT2D eigenvalue weighted by Gasteiger charge is -2.05. The monoisotopic (exact) mass is 344 g/mol. The standard InChI is InChI=1S/C16H16N4O3S/c1-10-14(16(2)5-6-16)19-15(23-10)20-24(21,22)12-3-4-13-11(7-12)8-17-9-18-13/h3-4,7-9H,5-6H2,1-2H3,(H,19,20). The molecule has 24 heavy (non-hydrogen) atoms. The average Bonchev–Trinajstić information content (AvgIpc) is 3.19. The number of rotatable bonds is 4. The normalized spacial score (nSPS) is 16.2. The van der Waals surface area contributed by atoms with Gasteiger partial charge in [-0.05, 0) is 38.0 Å². The van der Waals surface area contributed by atoms with Crippen LogP contribution in [0.2, 0.25) is 0 Å². The van der Waals surface area contributed by atoms with Crippen molar-refractivity contribution in [2.45, 2.75) is 37.0 Å². The SMILES string of the molecule is Cc1oc(NS(=O)(=O)c2ccc3ncncc3c2)nc1C1(C)CC1. The summed E-state index contributed by atoms with van der Waals surface area (Å²) in [6.07, 6.45) is 5.07. The minimum Gasteiger partial charge on any atom is -0.428 e. The number of benzene rings is 1. The molecule has 1 aliphatic carbocycles. The van der Waals surface area contributed by atoms with Gasteiger partial charge >= 0.3 is 6.01 Å². The Hall–Kier alpha value is -2.48. The second kappa shape index (κ2) is 5.01. The van der Waals surface area contributed by atoms with Crippen molar-refractivity contribution in [1.29, 1.82) is 0 Å². The van der Waals surface area contributed by atoms with Gasteiger partial charge in [0.25, 0.3) is 10.0 Å². The maximum absolute atomic E-state index is 12.6. The van der Waals surface area contributed by atoms with Crippen LogP contribution >= 0.6 is 0 Å². The van der Waals surface area contributed by atoms with Crippen LogP contribution in [-0.2, 0) is 15.4 Å². The van der Waals surface area contributed by atoms with Gasteiger partial charge in [-0.1, -0.05) is 6.92 Å². The van der Waals surface area contributed by atoms with E-state index >= 15 is 0 Å². The molecule has 0 atom stereocenters. The van der Waals surface area contributed by atoms with Gasteiger partial charge in [0.15, 0.2) is 0 Å². The number of sulfonamides is 1. The molecule has 7 nitrogen and oxygen atoms in total. The maximum atomic E-state index is 12.6. The average molecular weight is 344 g/mol. The van der Waals surface area contributed by atoms with Crippen molar-refractivity contribution in [3.63, 3.8) is 0 Å². The van der Waals surface area contributed by atoms with Crippen LogP contribution in [0.1, 0.15) is 31.2 Å². The molecule has 1 N–H and O–H groups in total. The molecule has 3 aromatic rings. The number of nitrogens with one attached hydrogen (secondary N) is 1. The van der Waals surface area contributed by atoms with Crippen molar-refractivity contribution < 1.29 is 12.8 Å². The molecule has 124 valence electrons. The predicted molar refractivity (Wildman–Crippen MR) is 88.2 cm³/mol. The molecule has 0 amide bonds. The van der Waals surface area contributed by atoms with E-state index in [-0.39, 0.29) is 16.3 Å². The van der Waals surface area contributed by atoms with Crippen LogP contribution in [0.4, 0.5) is 6.01 Å². The van der Waals surface area contributed by atoms with E-state index in [1.54, 1.807) is 19.2 Å². The van der Waals surface area contributed by atoms with Crippen LogP contribution in [0.3, 0.4) is 0 Å². The first kappa shape index (κ1) is 15.1. The van der Waals surface area contributed by atoms with Gasteiger partial charge in [0.05, 0.1) is 16.1 Å². The van der Waals surface area contributed by atoms with E-state index in [0.29, 0.717) is 16.7 Å². The van der Waals surface area contributed by atoms with E-state index in [0.717, 1.165) is 18.5 Å². The van der Waals surface area contributed by atoms with Crippen LogP contribution in [-0.4, -0.2) is 23.4 Å². The molecule has 0 radical (unpaired) electrons. The summed E-state index contributed by atoms with van der Waals surface area (Å²) in [5.74, 6) is 0.652. The van der Waals surface area contributed by atoms with Crippen molar-refractivity contribution in [1.82, 2.24) is 15.0 Å². The number of hydrogen-bond donors (Lipinski definition) is 1. The number of aryl methyl sites for hydroxylation is 1. The molecular formula is C16H16N4O3S. The highest BCUT2D eigenvalue weighted by Gasteiger charge is 2.43. The van der Waals surface area contributed by atoms with Gasteiger partial charge in [0.1, 0.15) is 12.1 Å². The summed E-state index contributed by atoms with van der Waals surface area (Å²) in [6, 6.07) is 4.66. The van der Waals surface area contributed by atoms with Crippen LogP contribution < -0.4 is 4.72 Å².